The highest BCUT2D eigenvalue weighted by Crippen LogP contribution is 2.26. The van der Waals surface area contributed by atoms with Gasteiger partial charge in [0.2, 0.25) is 5.91 Å². The van der Waals surface area contributed by atoms with Crippen LogP contribution in [-0.4, -0.2) is 33.4 Å². The van der Waals surface area contributed by atoms with Crippen LogP contribution in [0.5, 0.6) is 0 Å². The number of nitrogens with one attached hydrogen (secondary N) is 2. The largest absolute Gasteiger partial charge is 0.368 e. The van der Waals surface area contributed by atoms with E-state index >= 15 is 0 Å². The second-order valence-corrected chi connectivity index (χ2v) is 7.73. The SMILES string of the molecule is NC(=O)[C@@H]1CCCN1Cc1ccc2[nH]c(-c3cc4ccccc4[nH]c3=O)cc2c1. The molecule has 0 aliphatic carbocycles. The third kappa shape index (κ3) is 3.21. The zero-order chi connectivity index (χ0) is 20.0. The maximum absolute atomic E-state index is 12.6. The summed E-state index contributed by atoms with van der Waals surface area (Å²) in [6.07, 6.45) is 1.82. The molecule has 3 heterocycles. The first kappa shape index (κ1) is 17.7. The maximum Gasteiger partial charge on any atom is 0.257 e. The Hall–Kier alpha value is -3.38. The van der Waals surface area contributed by atoms with Crippen molar-refractivity contribution in [2.75, 3.05) is 6.54 Å². The summed E-state index contributed by atoms with van der Waals surface area (Å²) >= 11 is 0. The van der Waals surface area contributed by atoms with E-state index in [2.05, 4.69) is 27.0 Å². The fourth-order valence-electron chi connectivity index (χ4n) is 4.35. The van der Waals surface area contributed by atoms with E-state index in [0.717, 1.165) is 52.4 Å². The molecule has 2 aromatic carbocycles. The molecule has 0 unspecified atom stereocenters. The van der Waals surface area contributed by atoms with Crippen LogP contribution >= 0.6 is 0 Å². The topological polar surface area (TPSA) is 95.0 Å². The lowest BCUT2D eigenvalue weighted by molar-refractivity contribution is -0.122. The summed E-state index contributed by atoms with van der Waals surface area (Å²) in [7, 11) is 0. The highest BCUT2D eigenvalue weighted by atomic mass is 16.1. The summed E-state index contributed by atoms with van der Waals surface area (Å²) in [5.74, 6) is -0.247. The average Bonchev–Trinajstić information content (AvgIpc) is 3.34. The monoisotopic (exact) mass is 386 g/mol. The van der Waals surface area contributed by atoms with Crippen LogP contribution in [0.15, 0.2) is 59.4 Å². The smallest absolute Gasteiger partial charge is 0.257 e. The number of primary amides is 1. The minimum Gasteiger partial charge on any atom is -0.368 e. The number of aromatic nitrogens is 2. The summed E-state index contributed by atoms with van der Waals surface area (Å²) < 4.78 is 0. The molecule has 6 heteroatoms. The summed E-state index contributed by atoms with van der Waals surface area (Å²) in [4.78, 5) is 32.7. The van der Waals surface area contributed by atoms with Crippen molar-refractivity contribution < 1.29 is 4.79 Å². The fourth-order valence-corrected chi connectivity index (χ4v) is 4.35. The van der Waals surface area contributed by atoms with E-state index in [1.165, 1.54) is 0 Å². The lowest BCUT2D eigenvalue weighted by Gasteiger charge is -2.21. The Morgan fingerprint density at radius 3 is 2.72 bits per heavy atom. The van der Waals surface area contributed by atoms with Crippen LogP contribution in [0.25, 0.3) is 33.1 Å². The van der Waals surface area contributed by atoms with Crippen molar-refractivity contribution in [1.82, 2.24) is 14.9 Å². The van der Waals surface area contributed by atoms with Crippen molar-refractivity contribution in [3.63, 3.8) is 0 Å². The van der Waals surface area contributed by atoms with Crippen molar-refractivity contribution in [2.45, 2.75) is 25.4 Å². The van der Waals surface area contributed by atoms with Crippen LogP contribution in [-0.2, 0) is 11.3 Å². The third-order valence-electron chi connectivity index (χ3n) is 5.81. The van der Waals surface area contributed by atoms with Crippen LogP contribution in [0.2, 0.25) is 0 Å². The Morgan fingerprint density at radius 1 is 1.03 bits per heavy atom. The normalized spacial score (nSPS) is 17.3. The molecule has 0 bridgehead atoms. The Labute approximate surface area is 167 Å². The summed E-state index contributed by atoms with van der Waals surface area (Å²) in [6.45, 7) is 1.58. The molecule has 1 atom stereocenters. The first-order valence-corrected chi connectivity index (χ1v) is 9.86. The molecule has 5 rings (SSSR count). The lowest BCUT2D eigenvalue weighted by atomic mass is 10.1. The number of carbonyl (C=O) groups is 1. The first-order valence-electron chi connectivity index (χ1n) is 9.86. The molecule has 1 aliphatic heterocycles. The van der Waals surface area contributed by atoms with Gasteiger partial charge in [0, 0.05) is 23.0 Å². The number of nitrogens with two attached hydrogens (primary N) is 1. The van der Waals surface area contributed by atoms with E-state index in [4.69, 9.17) is 5.73 Å². The van der Waals surface area contributed by atoms with E-state index in [0.29, 0.717) is 12.1 Å². The number of rotatable bonds is 4. The van der Waals surface area contributed by atoms with Gasteiger partial charge in [0.1, 0.15) is 0 Å². The summed E-state index contributed by atoms with van der Waals surface area (Å²) in [5, 5.41) is 2.04. The molecular weight excluding hydrogens is 364 g/mol. The van der Waals surface area contributed by atoms with Crippen LogP contribution in [0.1, 0.15) is 18.4 Å². The van der Waals surface area contributed by atoms with Crippen molar-refractivity contribution in [3.8, 4) is 11.3 Å². The zero-order valence-corrected chi connectivity index (χ0v) is 15.9. The number of nitrogens with zero attached hydrogens (tertiary/aromatic N) is 1. The molecule has 1 fully saturated rings. The van der Waals surface area contributed by atoms with Crippen LogP contribution in [0.4, 0.5) is 0 Å². The van der Waals surface area contributed by atoms with Gasteiger partial charge < -0.3 is 15.7 Å². The number of para-hydroxylation sites is 1. The number of pyridine rings is 1. The van der Waals surface area contributed by atoms with Gasteiger partial charge in [-0.15, -0.1) is 0 Å². The number of amides is 1. The van der Waals surface area contributed by atoms with Gasteiger partial charge in [-0.3, -0.25) is 14.5 Å². The predicted molar refractivity (Wildman–Crippen MR) is 114 cm³/mol. The number of hydrogen-bond donors (Lipinski definition) is 3. The molecule has 2 aromatic heterocycles. The number of carbonyl (C=O) groups excluding carboxylic acids is 1. The standard InChI is InChI=1S/C23H22N4O2/c24-22(28)21-6-3-9-27(21)13-14-7-8-19-16(10-14)12-20(25-19)17-11-15-4-1-2-5-18(15)26-23(17)29/h1-2,4-5,7-8,10-12,21,25H,3,6,9,13H2,(H2,24,28)(H,26,29)/t21-/m0/s1. The highest BCUT2D eigenvalue weighted by molar-refractivity contribution is 5.89. The van der Waals surface area contributed by atoms with Crippen molar-refractivity contribution >= 4 is 27.7 Å². The first-order chi connectivity index (χ1) is 14.1. The molecule has 29 heavy (non-hydrogen) atoms. The Balaban J connectivity index is 1.49. The number of likely N-dealkylation sites (tertiary alicyclic amines) is 1. The van der Waals surface area contributed by atoms with Gasteiger partial charge in [0.25, 0.3) is 5.56 Å². The maximum atomic E-state index is 12.6. The van der Waals surface area contributed by atoms with E-state index in [-0.39, 0.29) is 17.5 Å². The van der Waals surface area contributed by atoms with Gasteiger partial charge in [0.15, 0.2) is 0 Å². The molecular formula is C23H22N4O2. The molecule has 1 saturated heterocycles. The summed E-state index contributed by atoms with van der Waals surface area (Å²) in [6, 6.07) is 17.7. The Kier molecular flexibility index (Phi) is 4.21. The third-order valence-corrected chi connectivity index (χ3v) is 5.81. The number of fused-ring (bicyclic) bond motifs is 2. The number of benzene rings is 2. The number of H-pyrrole nitrogens is 2. The molecule has 0 spiro atoms. The van der Waals surface area contributed by atoms with E-state index in [1.807, 2.05) is 42.5 Å². The van der Waals surface area contributed by atoms with Crippen molar-refractivity contribution in [2.24, 2.45) is 5.73 Å². The Morgan fingerprint density at radius 2 is 1.86 bits per heavy atom. The highest BCUT2D eigenvalue weighted by Gasteiger charge is 2.28. The van der Waals surface area contributed by atoms with Crippen molar-refractivity contribution in [3.05, 3.63) is 70.5 Å². The number of hydrogen-bond acceptors (Lipinski definition) is 3. The van der Waals surface area contributed by atoms with Crippen molar-refractivity contribution in [1.29, 1.82) is 0 Å². The fraction of sp³-hybridized carbons (Fsp3) is 0.217. The van der Waals surface area contributed by atoms with Gasteiger partial charge in [-0.25, -0.2) is 0 Å². The summed E-state index contributed by atoms with van der Waals surface area (Å²) in [5.41, 5.74) is 9.77. The van der Waals surface area contributed by atoms with Gasteiger partial charge >= 0.3 is 0 Å². The molecule has 6 nitrogen and oxygen atoms in total. The molecule has 4 N–H and O–H groups in total. The second kappa shape index (κ2) is 6.90. The molecule has 4 aromatic rings. The lowest BCUT2D eigenvalue weighted by Crippen LogP contribution is -2.39. The average molecular weight is 386 g/mol. The molecule has 1 aliphatic rings. The zero-order valence-electron chi connectivity index (χ0n) is 15.9. The van der Waals surface area contributed by atoms with Crippen LogP contribution in [0, 0.1) is 0 Å². The minimum absolute atomic E-state index is 0.114. The van der Waals surface area contributed by atoms with Gasteiger partial charge in [0.05, 0.1) is 17.3 Å². The van der Waals surface area contributed by atoms with E-state index in [1.54, 1.807) is 0 Å². The Bertz CT molecular complexity index is 1290. The minimum atomic E-state index is -0.247. The van der Waals surface area contributed by atoms with E-state index in [9.17, 15) is 9.59 Å². The predicted octanol–water partition coefficient (Wildman–Crippen LogP) is 3.13. The van der Waals surface area contributed by atoms with E-state index < -0.39 is 0 Å². The van der Waals surface area contributed by atoms with Gasteiger partial charge in [-0.1, -0.05) is 24.3 Å². The quantitative estimate of drug-likeness (QED) is 0.503. The van der Waals surface area contributed by atoms with Crippen LogP contribution in [0.3, 0.4) is 0 Å². The number of aromatic amines is 2. The van der Waals surface area contributed by atoms with Crippen LogP contribution < -0.4 is 11.3 Å². The molecule has 0 radical (unpaired) electrons. The second-order valence-electron chi connectivity index (χ2n) is 7.73. The molecule has 146 valence electrons. The molecule has 0 saturated carbocycles. The van der Waals surface area contributed by atoms with Gasteiger partial charge in [-0.2, -0.15) is 0 Å². The molecule has 1 amide bonds. The van der Waals surface area contributed by atoms with Gasteiger partial charge in [-0.05, 0) is 60.7 Å².